The second-order valence-electron chi connectivity index (χ2n) is 2.68. The summed E-state index contributed by atoms with van der Waals surface area (Å²) in [7, 11) is 0. The van der Waals surface area contributed by atoms with E-state index in [2.05, 4.69) is 4.98 Å². The first kappa shape index (κ1) is 7.31. The second-order valence-corrected chi connectivity index (χ2v) is 2.68. The normalized spacial score (nSPS) is 16.7. The summed E-state index contributed by atoms with van der Waals surface area (Å²) in [5, 5.41) is 8.83. The summed E-state index contributed by atoms with van der Waals surface area (Å²) in [6.07, 6.45) is 3.58. The summed E-state index contributed by atoms with van der Waals surface area (Å²) in [6, 6.07) is 1.86. The van der Waals surface area contributed by atoms with E-state index in [-0.39, 0.29) is 6.61 Å². The van der Waals surface area contributed by atoms with Crippen LogP contribution in [-0.2, 0) is 5.54 Å². The van der Waals surface area contributed by atoms with Crippen molar-refractivity contribution in [1.82, 2.24) is 4.98 Å². The van der Waals surface area contributed by atoms with Crippen molar-refractivity contribution in [3.8, 4) is 0 Å². The molecule has 1 unspecified atom stereocenters. The summed E-state index contributed by atoms with van der Waals surface area (Å²) in [5.74, 6) is 0. The van der Waals surface area contributed by atoms with Crippen LogP contribution in [-0.4, -0.2) is 16.7 Å². The predicted molar refractivity (Wildman–Crippen MR) is 39.4 cm³/mol. The Bertz CT molecular complexity index is 191. The Morgan fingerprint density at radius 3 is 2.90 bits per heavy atom. The van der Waals surface area contributed by atoms with E-state index in [9.17, 15) is 0 Å². The molecule has 0 radical (unpaired) electrons. The van der Waals surface area contributed by atoms with E-state index in [0.717, 1.165) is 5.56 Å². The van der Waals surface area contributed by atoms with E-state index in [1.54, 1.807) is 19.3 Å². The van der Waals surface area contributed by atoms with Gasteiger partial charge >= 0.3 is 0 Å². The molecule has 1 rings (SSSR count). The largest absolute Gasteiger partial charge is 0.394 e. The van der Waals surface area contributed by atoms with Crippen molar-refractivity contribution < 1.29 is 5.11 Å². The molecule has 1 heterocycles. The number of H-pyrrole nitrogens is 1. The molecule has 0 aliphatic rings. The maximum atomic E-state index is 8.83. The van der Waals surface area contributed by atoms with Gasteiger partial charge in [-0.25, -0.2) is 0 Å². The number of aromatic amines is 1. The molecule has 4 N–H and O–H groups in total. The van der Waals surface area contributed by atoms with Gasteiger partial charge in [-0.15, -0.1) is 0 Å². The molecule has 0 aliphatic carbocycles. The van der Waals surface area contributed by atoms with Gasteiger partial charge in [0.15, 0.2) is 0 Å². The van der Waals surface area contributed by atoms with E-state index in [0.29, 0.717) is 0 Å². The van der Waals surface area contributed by atoms with Crippen molar-refractivity contribution >= 4 is 0 Å². The van der Waals surface area contributed by atoms with Gasteiger partial charge < -0.3 is 15.8 Å². The molecule has 1 atom stereocenters. The maximum Gasteiger partial charge on any atom is 0.0651 e. The van der Waals surface area contributed by atoms with Crippen molar-refractivity contribution in [2.45, 2.75) is 12.5 Å². The Morgan fingerprint density at radius 1 is 1.80 bits per heavy atom. The fraction of sp³-hybridized carbons (Fsp3) is 0.429. The third-order valence-corrected chi connectivity index (χ3v) is 1.59. The second kappa shape index (κ2) is 2.44. The van der Waals surface area contributed by atoms with Crippen LogP contribution < -0.4 is 5.73 Å². The summed E-state index contributed by atoms with van der Waals surface area (Å²) in [4.78, 5) is 2.88. The van der Waals surface area contributed by atoms with E-state index >= 15 is 0 Å². The van der Waals surface area contributed by atoms with Crippen LogP contribution in [0.3, 0.4) is 0 Å². The van der Waals surface area contributed by atoms with Crippen LogP contribution in [0, 0.1) is 0 Å². The number of hydrogen-bond donors (Lipinski definition) is 3. The lowest BCUT2D eigenvalue weighted by atomic mass is 9.98. The van der Waals surface area contributed by atoms with Gasteiger partial charge in [-0.3, -0.25) is 0 Å². The minimum absolute atomic E-state index is 0.0369. The van der Waals surface area contributed by atoms with E-state index in [1.807, 2.05) is 6.07 Å². The highest BCUT2D eigenvalue weighted by Crippen LogP contribution is 2.14. The van der Waals surface area contributed by atoms with Gasteiger partial charge in [0, 0.05) is 12.4 Å². The van der Waals surface area contributed by atoms with E-state index < -0.39 is 5.54 Å². The zero-order valence-electron chi connectivity index (χ0n) is 5.96. The number of nitrogens with one attached hydrogen (secondary N) is 1. The van der Waals surface area contributed by atoms with Gasteiger partial charge in [0.2, 0.25) is 0 Å². The number of nitrogens with two attached hydrogens (primary N) is 1. The van der Waals surface area contributed by atoms with Crippen LogP contribution in [0.25, 0.3) is 0 Å². The molecule has 0 bridgehead atoms. The summed E-state index contributed by atoms with van der Waals surface area (Å²) < 4.78 is 0. The molecule has 10 heavy (non-hydrogen) atoms. The van der Waals surface area contributed by atoms with Crippen molar-refractivity contribution in [2.75, 3.05) is 6.61 Å². The minimum Gasteiger partial charge on any atom is -0.394 e. The van der Waals surface area contributed by atoms with Crippen molar-refractivity contribution in [1.29, 1.82) is 0 Å². The number of aliphatic hydroxyl groups is 1. The molecule has 0 aromatic carbocycles. The molecular formula is C7H12N2O. The molecule has 0 fully saturated rings. The summed E-state index contributed by atoms with van der Waals surface area (Å²) >= 11 is 0. The van der Waals surface area contributed by atoms with Gasteiger partial charge in [-0.2, -0.15) is 0 Å². The summed E-state index contributed by atoms with van der Waals surface area (Å²) in [5.41, 5.74) is 6.03. The number of rotatable bonds is 2. The van der Waals surface area contributed by atoms with Crippen LogP contribution in [0.2, 0.25) is 0 Å². The highest BCUT2D eigenvalue weighted by atomic mass is 16.3. The van der Waals surface area contributed by atoms with Crippen molar-refractivity contribution in [2.24, 2.45) is 5.73 Å². The molecule has 1 aromatic heterocycles. The molecule has 3 heteroatoms. The highest BCUT2D eigenvalue weighted by molar-refractivity contribution is 5.18. The fourth-order valence-electron chi connectivity index (χ4n) is 0.770. The molecular weight excluding hydrogens is 128 g/mol. The highest BCUT2D eigenvalue weighted by Gasteiger charge is 2.19. The standard InChI is InChI=1S/C7H12N2O/c1-7(8,5-10)6-2-3-9-4-6/h2-4,9-10H,5,8H2,1H3. The van der Waals surface area contributed by atoms with Crippen LogP contribution in [0.4, 0.5) is 0 Å². The Balaban J connectivity index is 2.85. The zero-order valence-corrected chi connectivity index (χ0v) is 5.96. The number of aromatic nitrogens is 1. The van der Waals surface area contributed by atoms with E-state index in [4.69, 9.17) is 10.8 Å². The topological polar surface area (TPSA) is 62.0 Å². The van der Waals surface area contributed by atoms with E-state index in [1.165, 1.54) is 0 Å². The lowest BCUT2D eigenvalue weighted by Crippen LogP contribution is -2.36. The van der Waals surface area contributed by atoms with Gasteiger partial charge in [0.25, 0.3) is 0 Å². The average molecular weight is 140 g/mol. The molecule has 0 saturated carbocycles. The van der Waals surface area contributed by atoms with Crippen molar-refractivity contribution in [3.05, 3.63) is 24.0 Å². The number of aliphatic hydroxyl groups excluding tert-OH is 1. The van der Waals surface area contributed by atoms with Gasteiger partial charge in [-0.1, -0.05) is 0 Å². The molecule has 1 aromatic rings. The van der Waals surface area contributed by atoms with Gasteiger partial charge in [0.1, 0.15) is 0 Å². The van der Waals surface area contributed by atoms with Gasteiger partial charge in [-0.05, 0) is 18.6 Å². The van der Waals surface area contributed by atoms with Gasteiger partial charge in [0.05, 0.1) is 12.1 Å². The smallest absolute Gasteiger partial charge is 0.0651 e. The fourth-order valence-corrected chi connectivity index (χ4v) is 0.770. The van der Waals surface area contributed by atoms with Crippen LogP contribution in [0.1, 0.15) is 12.5 Å². The Morgan fingerprint density at radius 2 is 2.50 bits per heavy atom. The Hall–Kier alpha value is -0.800. The lowest BCUT2D eigenvalue weighted by molar-refractivity contribution is 0.210. The summed E-state index contributed by atoms with van der Waals surface area (Å²) in [6.45, 7) is 1.75. The van der Waals surface area contributed by atoms with Crippen LogP contribution >= 0.6 is 0 Å². The molecule has 0 aliphatic heterocycles. The maximum absolute atomic E-state index is 8.83. The average Bonchev–Trinajstić information content (AvgIpc) is 2.38. The third kappa shape index (κ3) is 1.20. The monoisotopic (exact) mass is 140 g/mol. The lowest BCUT2D eigenvalue weighted by Gasteiger charge is -2.19. The van der Waals surface area contributed by atoms with Crippen LogP contribution in [0.5, 0.6) is 0 Å². The first-order valence-corrected chi connectivity index (χ1v) is 3.20. The quantitative estimate of drug-likeness (QED) is 0.548. The van der Waals surface area contributed by atoms with Crippen molar-refractivity contribution in [3.63, 3.8) is 0 Å². The molecule has 0 saturated heterocycles. The first-order valence-electron chi connectivity index (χ1n) is 3.20. The zero-order chi connectivity index (χ0) is 7.61. The Labute approximate surface area is 59.9 Å². The first-order chi connectivity index (χ1) is 4.67. The third-order valence-electron chi connectivity index (χ3n) is 1.59. The molecule has 56 valence electrons. The SMILES string of the molecule is CC(N)(CO)c1cc[nH]c1. The van der Waals surface area contributed by atoms with Crippen LogP contribution in [0.15, 0.2) is 18.5 Å². The molecule has 3 nitrogen and oxygen atoms in total. The predicted octanol–water partition coefficient (Wildman–Crippen LogP) is 0.181. The minimum atomic E-state index is -0.611. The number of hydrogen-bond acceptors (Lipinski definition) is 2. The molecule has 0 spiro atoms. The Kier molecular flexibility index (Phi) is 1.78. The molecule has 0 amide bonds.